The third-order valence-corrected chi connectivity index (χ3v) is 2.90. The summed E-state index contributed by atoms with van der Waals surface area (Å²) in [5.74, 6) is 0.500. The Morgan fingerprint density at radius 2 is 1.46 bits per heavy atom. The third kappa shape index (κ3) is 0.773. The maximum Gasteiger partial charge on any atom is 0.122 e. The first-order valence-electron chi connectivity index (χ1n) is 4.47. The summed E-state index contributed by atoms with van der Waals surface area (Å²) in [4.78, 5) is 0. The predicted molar refractivity (Wildman–Crippen MR) is 45.6 cm³/mol. The molecule has 3 nitrogen and oxygen atoms in total. The maximum atomic E-state index is 9.59. The quantitative estimate of drug-likeness (QED) is 0.597. The van der Waals surface area contributed by atoms with Crippen LogP contribution in [0.1, 0.15) is 36.2 Å². The van der Waals surface area contributed by atoms with Crippen molar-refractivity contribution in [3.63, 3.8) is 0 Å². The molecule has 2 heterocycles. The summed E-state index contributed by atoms with van der Waals surface area (Å²) in [5.41, 5.74) is 1.60. The van der Waals surface area contributed by atoms with Gasteiger partial charge >= 0.3 is 0 Å². The molecule has 2 N–H and O–H groups in total. The van der Waals surface area contributed by atoms with Gasteiger partial charge in [0.05, 0.1) is 12.2 Å². The monoisotopic (exact) mass is 178 g/mol. The van der Waals surface area contributed by atoms with Crippen LogP contribution in [0.25, 0.3) is 0 Å². The molecule has 0 aromatic heterocycles. The summed E-state index contributed by atoms with van der Waals surface area (Å²) in [7, 11) is 0. The molecule has 13 heavy (non-hydrogen) atoms. The van der Waals surface area contributed by atoms with Crippen molar-refractivity contribution in [2.75, 3.05) is 0 Å². The Bertz CT molecular complexity index is 338. The smallest absolute Gasteiger partial charge is 0.122 e. The van der Waals surface area contributed by atoms with E-state index in [4.69, 9.17) is 4.74 Å². The minimum Gasteiger partial charge on any atom is -0.508 e. The molecule has 68 valence electrons. The molecular formula is C10H10O3. The Morgan fingerprint density at radius 3 is 1.92 bits per heavy atom. The van der Waals surface area contributed by atoms with Crippen molar-refractivity contribution in [1.29, 1.82) is 0 Å². The van der Waals surface area contributed by atoms with Crippen molar-refractivity contribution in [2.24, 2.45) is 0 Å². The van der Waals surface area contributed by atoms with Crippen molar-refractivity contribution in [3.8, 4) is 11.5 Å². The van der Waals surface area contributed by atoms with Gasteiger partial charge in [0.15, 0.2) is 0 Å². The lowest BCUT2D eigenvalue weighted by Crippen LogP contribution is -1.98. The topological polar surface area (TPSA) is 49.7 Å². The number of rotatable bonds is 0. The molecule has 0 radical (unpaired) electrons. The maximum absolute atomic E-state index is 9.59. The Kier molecular flexibility index (Phi) is 1.21. The van der Waals surface area contributed by atoms with Gasteiger partial charge in [0.1, 0.15) is 11.5 Å². The van der Waals surface area contributed by atoms with Crippen molar-refractivity contribution in [1.82, 2.24) is 0 Å². The Labute approximate surface area is 75.6 Å². The molecule has 2 bridgehead atoms. The molecule has 2 unspecified atom stereocenters. The summed E-state index contributed by atoms with van der Waals surface area (Å²) in [6.45, 7) is 0. The van der Waals surface area contributed by atoms with Crippen LogP contribution in [0.2, 0.25) is 0 Å². The van der Waals surface area contributed by atoms with Crippen LogP contribution in [0.5, 0.6) is 11.5 Å². The molecule has 0 spiro atoms. The lowest BCUT2D eigenvalue weighted by Gasteiger charge is -2.13. The standard InChI is InChI=1S/C10H10O3/c11-5-1-2-6(12)10-8-4-3-7(13-8)9(5)10/h1-2,7-8,11-12H,3-4H2. The molecule has 1 aromatic carbocycles. The average Bonchev–Trinajstić information content (AvgIpc) is 2.70. The Morgan fingerprint density at radius 1 is 1.00 bits per heavy atom. The molecule has 3 rings (SSSR count). The summed E-state index contributed by atoms with van der Waals surface area (Å²) < 4.78 is 5.58. The van der Waals surface area contributed by atoms with Gasteiger partial charge in [-0.15, -0.1) is 0 Å². The fraction of sp³-hybridized carbons (Fsp3) is 0.400. The number of hydrogen-bond acceptors (Lipinski definition) is 3. The van der Waals surface area contributed by atoms with Gasteiger partial charge in [-0.2, -0.15) is 0 Å². The van der Waals surface area contributed by atoms with E-state index in [1.807, 2.05) is 0 Å². The third-order valence-electron chi connectivity index (χ3n) is 2.90. The zero-order chi connectivity index (χ0) is 9.00. The molecule has 3 heteroatoms. The number of phenols is 2. The number of fused-ring (bicyclic) bond motifs is 5. The number of phenolic OH excluding ortho intramolecular Hbond substituents is 2. The molecule has 2 aliphatic rings. The second-order valence-corrected chi connectivity index (χ2v) is 3.62. The van der Waals surface area contributed by atoms with E-state index in [0.717, 1.165) is 24.0 Å². The zero-order valence-electron chi connectivity index (χ0n) is 7.03. The van der Waals surface area contributed by atoms with E-state index < -0.39 is 0 Å². The summed E-state index contributed by atoms with van der Waals surface area (Å²) in [6.07, 6.45) is 1.92. The van der Waals surface area contributed by atoms with Crippen LogP contribution >= 0.6 is 0 Å². The van der Waals surface area contributed by atoms with E-state index in [0.29, 0.717) is 0 Å². The number of benzene rings is 1. The average molecular weight is 178 g/mol. The van der Waals surface area contributed by atoms with Crippen molar-refractivity contribution >= 4 is 0 Å². The molecule has 0 aliphatic carbocycles. The minimum atomic E-state index is 0.00657. The van der Waals surface area contributed by atoms with Gasteiger partial charge in [-0.25, -0.2) is 0 Å². The van der Waals surface area contributed by atoms with Crippen LogP contribution in [0.4, 0.5) is 0 Å². The molecule has 2 atom stereocenters. The molecule has 0 amide bonds. The van der Waals surface area contributed by atoms with Crippen LogP contribution in [-0.2, 0) is 4.74 Å². The lowest BCUT2D eigenvalue weighted by molar-refractivity contribution is 0.0702. The van der Waals surface area contributed by atoms with Crippen LogP contribution in [0, 0.1) is 0 Å². The van der Waals surface area contributed by atoms with Gasteiger partial charge in [0.2, 0.25) is 0 Å². The van der Waals surface area contributed by atoms with Crippen molar-refractivity contribution < 1.29 is 14.9 Å². The van der Waals surface area contributed by atoms with Crippen LogP contribution in [0.3, 0.4) is 0 Å². The van der Waals surface area contributed by atoms with E-state index in [1.54, 1.807) is 0 Å². The second kappa shape index (κ2) is 2.17. The fourth-order valence-corrected chi connectivity index (χ4v) is 2.35. The molecule has 1 fully saturated rings. The van der Waals surface area contributed by atoms with Crippen molar-refractivity contribution in [3.05, 3.63) is 23.3 Å². The summed E-state index contributed by atoms with van der Waals surface area (Å²) in [5, 5.41) is 19.2. The summed E-state index contributed by atoms with van der Waals surface area (Å²) in [6, 6.07) is 3.05. The Balaban J connectivity index is 2.30. The van der Waals surface area contributed by atoms with Crippen LogP contribution < -0.4 is 0 Å². The highest BCUT2D eigenvalue weighted by molar-refractivity contribution is 5.53. The first-order valence-corrected chi connectivity index (χ1v) is 4.47. The van der Waals surface area contributed by atoms with E-state index >= 15 is 0 Å². The molecule has 1 aromatic rings. The minimum absolute atomic E-state index is 0.00657. The van der Waals surface area contributed by atoms with Gasteiger partial charge in [0.25, 0.3) is 0 Å². The Hall–Kier alpha value is -1.22. The van der Waals surface area contributed by atoms with E-state index in [2.05, 4.69) is 0 Å². The highest BCUT2D eigenvalue weighted by Gasteiger charge is 2.41. The molecule has 0 saturated carbocycles. The largest absolute Gasteiger partial charge is 0.508 e. The number of aromatic hydroxyl groups is 2. The number of ether oxygens (including phenoxy) is 1. The molecular weight excluding hydrogens is 168 g/mol. The zero-order valence-corrected chi connectivity index (χ0v) is 7.03. The first kappa shape index (κ1) is 7.21. The van der Waals surface area contributed by atoms with Gasteiger partial charge in [-0.3, -0.25) is 0 Å². The second-order valence-electron chi connectivity index (χ2n) is 3.62. The predicted octanol–water partition coefficient (Wildman–Crippen LogP) is 2.00. The summed E-state index contributed by atoms with van der Waals surface area (Å²) >= 11 is 0. The molecule has 2 aliphatic heterocycles. The highest BCUT2D eigenvalue weighted by atomic mass is 16.5. The number of hydrogen-bond donors (Lipinski definition) is 2. The van der Waals surface area contributed by atoms with E-state index in [-0.39, 0.29) is 23.7 Å². The van der Waals surface area contributed by atoms with Crippen LogP contribution in [-0.4, -0.2) is 10.2 Å². The lowest BCUT2D eigenvalue weighted by atomic mass is 9.90. The highest BCUT2D eigenvalue weighted by Crippen LogP contribution is 2.55. The fourth-order valence-electron chi connectivity index (χ4n) is 2.35. The normalized spacial score (nSPS) is 29.2. The van der Waals surface area contributed by atoms with Gasteiger partial charge < -0.3 is 14.9 Å². The van der Waals surface area contributed by atoms with E-state index in [1.165, 1.54) is 12.1 Å². The van der Waals surface area contributed by atoms with Gasteiger partial charge in [0, 0.05) is 11.1 Å². The van der Waals surface area contributed by atoms with Crippen LogP contribution in [0.15, 0.2) is 12.1 Å². The van der Waals surface area contributed by atoms with Gasteiger partial charge in [-0.05, 0) is 25.0 Å². The van der Waals surface area contributed by atoms with E-state index in [9.17, 15) is 10.2 Å². The van der Waals surface area contributed by atoms with Gasteiger partial charge in [-0.1, -0.05) is 0 Å². The molecule has 1 saturated heterocycles. The SMILES string of the molecule is Oc1ccc(O)c2c1C1CCC2O1. The first-order chi connectivity index (χ1) is 6.27. The van der Waals surface area contributed by atoms with Crippen molar-refractivity contribution in [2.45, 2.75) is 25.0 Å².